The zero-order valence-corrected chi connectivity index (χ0v) is 10.7. The molecular formula is C14H16ClNO2. The second-order valence-electron chi connectivity index (χ2n) is 4.15. The Balaban J connectivity index is 0.00000162. The maximum Gasteiger partial charge on any atom is 0.303 e. The predicted molar refractivity (Wildman–Crippen MR) is 76.2 cm³/mol. The number of nitrogens with two attached hydrogens (primary N) is 1. The molecule has 0 bridgehead atoms. The van der Waals surface area contributed by atoms with Crippen LogP contribution in [0.4, 0.5) is 5.69 Å². The van der Waals surface area contributed by atoms with Crippen molar-refractivity contribution in [2.24, 2.45) is 0 Å². The topological polar surface area (TPSA) is 63.3 Å². The number of anilines is 1. The van der Waals surface area contributed by atoms with Crippen LogP contribution in [0.2, 0.25) is 0 Å². The molecule has 2 aromatic carbocycles. The van der Waals surface area contributed by atoms with E-state index in [-0.39, 0.29) is 18.8 Å². The average molecular weight is 266 g/mol. The number of benzene rings is 2. The Morgan fingerprint density at radius 3 is 2.39 bits per heavy atom. The summed E-state index contributed by atoms with van der Waals surface area (Å²) < 4.78 is 0. The number of nitrogen functional groups attached to an aromatic ring is 1. The van der Waals surface area contributed by atoms with E-state index in [1.165, 1.54) is 0 Å². The summed E-state index contributed by atoms with van der Waals surface area (Å²) >= 11 is 0. The molecule has 0 saturated heterocycles. The van der Waals surface area contributed by atoms with Crippen LogP contribution in [0.5, 0.6) is 0 Å². The van der Waals surface area contributed by atoms with Gasteiger partial charge in [-0.05, 0) is 41.3 Å². The molecule has 0 radical (unpaired) electrons. The van der Waals surface area contributed by atoms with Gasteiger partial charge in [0.15, 0.2) is 0 Å². The standard InChI is InChI=1S/C14H15NO2.ClH/c15-13-9-11-5-2-1-4-10(11)8-12(13)6-3-7-14(16)17;/h1-2,4-5,8-9H,3,6-7,15H2,(H,16,17);1H. The number of carboxylic acids is 1. The first-order chi connectivity index (χ1) is 8.16. The van der Waals surface area contributed by atoms with Gasteiger partial charge in [0.05, 0.1) is 0 Å². The van der Waals surface area contributed by atoms with Gasteiger partial charge in [-0.15, -0.1) is 12.4 Å². The molecule has 4 heteroatoms. The van der Waals surface area contributed by atoms with Crippen LogP contribution >= 0.6 is 12.4 Å². The van der Waals surface area contributed by atoms with E-state index in [2.05, 4.69) is 0 Å². The van der Waals surface area contributed by atoms with Crippen LogP contribution in [0.1, 0.15) is 18.4 Å². The van der Waals surface area contributed by atoms with E-state index < -0.39 is 5.97 Å². The van der Waals surface area contributed by atoms with E-state index in [9.17, 15) is 4.79 Å². The summed E-state index contributed by atoms with van der Waals surface area (Å²) in [5.74, 6) is -0.760. The summed E-state index contributed by atoms with van der Waals surface area (Å²) in [6.07, 6.45) is 1.52. The molecule has 0 atom stereocenters. The number of aryl methyl sites for hydroxylation is 1. The van der Waals surface area contributed by atoms with Gasteiger partial charge in [0.2, 0.25) is 0 Å². The molecular weight excluding hydrogens is 250 g/mol. The van der Waals surface area contributed by atoms with Crippen molar-refractivity contribution in [2.75, 3.05) is 5.73 Å². The fourth-order valence-electron chi connectivity index (χ4n) is 1.95. The Kier molecular flexibility index (Phi) is 4.98. The highest BCUT2D eigenvalue weighted by Crippen LogP contribution is 2.23. The maximum atomic E-state index is 10.5. The Labute approximate surface area is 112 Å². The monoisotopic (exact) mass is 265 g/mol. The quantitative estimate of drug-likeness (QED) is 0.834. The second-order valence-corrected chi connectivity index (χ2v) is 4.15. The van der Waals surface area contributed by atoms with Crippen LogP contribution in [-0.4, -0.2) is 11.1 Å². The Morgan fingerprint density at radius 1 is 1.17 bits per heavy atom. The fraction of sp³-hybridized carbons (Fsp3) is 0.214. The van der Waals surface area contributed by atoms with Gasteiger partial charge in [0, 0.05) is 12.1 Å². The molecule has 2 aromatic rings. The molecule has 0 saturated carbocycles. The molecule has 96 valence electrons. The average Bonchev–Trinajstić information content (AvgIpc) is 2.29. The van der Waals surface area contributed by atoms with E-state index in [4.69, 9.17) is 10.8 Å². The van der Waals surface area contributed by atoms with E-state index in [0.717, 1.165) is 22.0 Å². The molecule has 3 N–H and O–H groups in total. The predicted octanol–water partition coefficient (Wildman–Crippen LogP) is 3.25. The summed E-state index contributed by atoms with van der Waals surface area (Å²) in [7, 11) is 0. The van der Waals surface area contributed by atoms with Crippen molar-refractivity contribution in [3.05, 3.63) is 42.0 Å². The largest absolute Gasteiger partial charge is 0.481 e. The van der Waals surface area contributed by atoms with Crippen LogP contribution in [0.3, 0.4) is 0 Å². The third-order valence-electron chi connectivity index (χ3n) is 2.84. The Morgan fingerprint density at radius 2 is 1.78 bits per heavy atom. The normalized spacial score (nSPS) is 10.0. The molecule has 3 nitrogen and oxygen atoms in total. The molecule has 0 aliphatic heterocycles. The molecule has 0 unspecified atom stereocenters. The molecule has 0 amide bonds. The van der Waals surface area contributed by atoms with E-state index >= 15 is 0 Å². The van der Waals surface area contributed by atoms with Crippen molar-refractivity contribution in [1.29, 1.82) is 0 Å². The number of rotatable bonds is 4. The van der Waals surface area contributed by atoms with Crippen molar-refractivity contribution in [2.45, 2.75) is 19.3 Å². The molecule has 0 spiro atoms. The van der Waals surface area contributed by atoms with Crippen LogP contribution in [0.15, 0.2) is 36.4 Å². The first kappa shape index (κ1) is 14.3. The number of fused-ring (bicyclic) bond motifs is 1. The second kappa shape index (κ2) is 6.26. The first-order valence-electron chi connectivity index (χ1n) is 5.66. The summed E-state index contributed by atoms with van der Waals surface area (Å²) in [4.78, 5) is 10.5. The molecule has 18 heavy (non-hydrogen) atoms. The Bertz CT molecular complexity index is 554. The number of aliphatic carboxylic acids is 1. The highest BCUT2D eigenvalue weighted by atomic mass is 35.5. The minimum atomic E-state index is -0.760. The summed E-state index contributed by atoms with van der Waals surface area (Å²) in [5.41, 5.74) is 7.73. The highest BCUT2D eigenvalue weighted by Gasteiger charge is 2.03. The van der Waals surface area contributed by atoms with Crippen LogP contribution in [0, 0.1) is 0 Å². The zero-order chi connectivity index (χ0) is 12.3. The number of halogens is 1. The van der Waals surface area contributed by atoms with Gasteiger partial charge >= 0.3 is 5.97 Å². The summed E-state index contributed by atoms with van der Waals surface area (Å²) in [6.45, 7) is 0. The maximum absolute atomic E-state index is 10.5. The highest BCUT2D eigenvalue weighted by molar-refractivity contribution is 5.86. The first-order valence-corrected chi connectivity index (χ1v) is 5.66. The minimum Gasteiger partial charge on any atom is -0.481 e. The Hall–Kier alpha value is -1.74. The van der Waals surface area contributed by atoms with E-state index in [0.29, 0.717) is 12.8 Å². The van der Waals surface area contributed by atoms with E-state index in [1.54, 1.807) is 0 Å². The van der Waals surface area contributed by atoms with Crippen molar-refractivity contribution >= 4 is 34.8 Å². The molecule has 2 rings (SSSR count). The number of carboxylic acid groups (broad SMARTS) is 1. The van der Waals surface area contributed by atoms with Crippen molar-refractivity contribution in [1.82, 2.24) is 0 Å². The lowest BCUT2D eigenvalue weighted by Crippen LogP contribution is -1.99. The molecule has 0 aliphatic carbocycles. The van der Waals surface area contributed by atoms with Gasteiger partial charge in [-0.25, -0.2) is 0 Å². The number of hydrogen-bond acceptors (Lipinski definition) is 2. The molecule has 0 heterocycles. The van der Waals surface area contributed by atoms with Crippen molar-refractivity contribution in [3.8, 4) is 0 Å². The summed E-state index contributed by atoms with van der Waals surface area (Å²) in [6, 6.07) is 12.0. The SMILES string of the molecule is Cl.Nc1cc2ccccc2cc1CCCC(=O)O. The van der Waals surface area contributed by atoms with Crippen LogP contribution < -0.4 is 5.73 Å². The molecule has 0 aliphatic rings. The van der Waals surface area contributed by atoms with Crippen molar-refractivity contribution in [3.63, 3.8) is 0 Å². The van der Waals surface area contributed by atoms with E-state index in [1.807, 2.05) is 36.4 Å². The zero-order valence-electron chi connectivity index (χ0n) is 9.93. The van der Waals surface area contributed by atoms with Gasteiger partial charge in [-0.2, -0.15) is 0 Å². The number of hydrogen-bond donors (Lipinski definition) is 2. The summed E-state index contributed by atoms with van der Waals surface area (Å²) in [5, 5.41) is 10.9. The lowest BCUT2D eigenvalue weighted by Gasteiger charge is -2.07. The lowest BCUT2D eigenvalue weighted by molar-refractivity contribution is -0.137. The lowest BCUT2D eigenvalue weighted by atomic mass is 10.0. The third-order valence-corrected chi connectivity index (χ3v) is 2.84. The smallest absolute Gasteiger partial charge is 0.303 e. The van der Waals surface area contributed by atoms with Gasteiger partial charge in [-0.3, -0.25) is 4.79 Å². The van der Waals surface area contributed by atoms with Gasteiger partial charge in [0.1, 0.15) is 0 Å². The van der Waals surface area contributed by atoms with Gasteiger partial charge < -0.3 is 10.8 Å². The minimum absolute atomic E-state index is 0. The third kappa shape index (κ3) is 3.37. The van der Waals surface area contributed by atoms with Gasteiger partial charge in [-0.1, -0.05) is 24.3 Å². The number of carbonyl (C=O) groups is 1. The van der Waals surface area contributed by atoms with Crippen LogP contribution in [-0.2, 0) is 11.2 Å². The van der Waals surface area contributed by atoms with Crippen molar-refractivity contribution < 1.29 is 9.90 Å². The van der Waals surface area contributed by atoms with Gasteiger partial charge in [0.25, 0.3) is 0 Å². The fourth-order valence-corrected chi connectivity index (χ4v) is 1.95. The molecule has 0 fully saturated rings. The van der Waals surface area contributed by atoms with Crippen LogP contribution in [0.25, 0.3) is 10.8 Å². The molecule has 0 aromatic heterocycles.